The van der Waals surface area contributed by atoms with Crippen molar-refractivity contribution in [2.45, 2.75) is 27.7 Å². The molecule has 0 saturated heterocycles. The van der Waals surface area contributed by atoms with Crippen molar-refractivity contribution in [1.29, 1.82) is 0 Å². The Morgan fingerprint density at radius 3 is 1.06 bits per heavy atom. The zero-order valence-corrected chi connectivity index (χ0v) is 27.2. The number of nitrogens with zero attached hydrogens (tertiary/aromatic N) is 6. The molecule has 4 aromatic heterocycles. The van der Waals surface area contributed by atoms with E-state index >= 15 is 0 Å². The molecule has 48 heavy (non-hydrogen) atoms. The molecule has 4 heterocycles. The van der Waals surface area contributed by atoms with E-state index in [2.05, 4.69) is 19.9 Å². The van der Waals surface area contributed by atoms with Crippen LogP contribution in [0, 0.1) is 38.1 Å². The fourth-order valence-electron chi connectivity index (χ4n) is 5.31. The largest absolute Gasteiger partial charge is 0.675 e. The highest BCUT2D eigenvalue weighted by molar-refractivity contribution is 6.09. The monoisotopic (exact) mass is 658 g/mol. The van der Waals surface area contributed by atoms with E-state index < -0.39 is 35.5 Å². The van der Waals surface area contributed by atoms with Crippen LogP contribution in [-0.4, -0.2) is 82.0 Å². The Balaban J connectivity index is 2.13. The Morgan fingerprint density at radius 1 is 0.542 bits per heavy atom. The second kappa shape index (κ2) is 14.0. The van der Waals surface area contributed by atoms with Gasteiger partial charge in [0.05, 0.1) is 84.6 Å². The van der Waals surface area contributed by atoms with Crippen molar-refractivity contribution in [2.24, 2.45) is 0 Å². The van der Waals surface area contributed by atoms with E-state index in [1.165, 1.54) is 64.4 Å². The number of aryl methyl sites for hydroxylation is 4. The van der Waals surface area contributed by atoms with Crippen LogP contribution in [0.3, 0.4) is 0 Å². The van der Waals surface area contributed by atoms with Crippen LogP contribution in [0.4, 0.5) is 11.6 Å². The minimum Gasteiger partial charge on any atom is -0.675 e. The topological polar surface area (TPSA) is 209 Å². The molecule has 4 rings (SSSR count). The number of aromatic nitrogens is 4. The van der Waals surface area contributed by atoms with Crippen LogP contribution in [0.25, 0.3) is 22.3 Å². The number of esters is 4. The van der Waals surface area contributed by atoms with E-state index in [-0.39, 0.29) is 77.0 Å². The summed E-state index contributed by atoms with van der Waals surface area (Å²) in [5, 5.41) is 28.1. The lowest BCUT2D eigenvalue weighted by molar-refractivity contribution is -0.898. The summed E-state index contributed by atoms with van der Waals surface area (Å²) in [6.45, 7) is 6.02. The summed E-state index contributed by atoms with van der Waals surface area (Å²) < 4.78 is 19.8. The molecule has 0 saturated carbocycles. The molecule has 4 aromatic rings. The first-order chi connectivity index (χ1) is 22.8. The van der Waals surface area contributed by atoms with Gasteiger partial charge in [0.25, 0.3) is 0 Å². The standard InChI is InChI=1S/C32H30N6O10/c1-15-21(29(39)45-5)25(22(16(2)35-15)30(40)46-6)19-11-9-13-33-27(19)37(43)38(44)28-20(12-10-14-34-28)26-23(31(41)47-7)17(3)36-18(4)24(26)32(42)48-8/h9-14H,1-8H3/b38-37+. The maximum absolute atomic E-state index is 14.1. The van der Waals surface area contributed by atoms with Crippen LogP contribution >= 0.6 is 0 Å². The van der Waals surface area contributed by atoms with Gasteiger partial charge in [-0.2, -0.15) is 0 Å². The van der Waals surface area contributed by atoms with E-state index in [0.717, 1.165) is 28.4 Å². The van der Waals surface area contributed by atoms with Crippen molar-refractivity contribution in [2.75, 3.05) is 28.4 Å². The van der Waals surface area contributed by atoms with Crippen LogP contribution in [0.2, 0.25) is 0 Å². The van der Waals surface area contributed by atoms with Gasteiger partial charge in [-0.05, 0) is 61.9 Å². The van der Waals surface area contributed by atoms with Crippen molar-refractivity contribution >= 4 is 35.5 Å². The third-order valence-corrected chi connectivity index (χ3v) is 7.32. The predicted molar refractivity (Wildman–Crippen MR) is 166 cm³/mol. The van der Waals surface area contributed by atoms with Gasteiger partial charge in [-0.3, -0.25) is 9.97 Å². The first-order valence-electron chi connectivity index (χ1n) is 14.0. The van der Waals surface area contributed by atoms with Gasteiger partial charge in [0.15, 0.2) is 0 Å². The Labute approximate surface area is 273 Å². The average molecular weight is 659 g/mol. The molecule has 0 aliphatic heterocycles. The molecule has 0 aliphatic rings. The Morgan fingerprint density at radius 2 is 0.812 bits per heavy atom. The Bertz CT molecular complexity index is 1800. The molecule has 0 aromatic carbocycles. The van der Waals surface area contributed by atoms with Gasteiger partial charge in [-0.15, -0.1) is 0 Å². The quantitative estimate of drug-likeness (QED) is 0.0844. The molecular weight excluding hydrogens is 628 g/mol. The van der Waals surface area contributed by atoms with Crippen molar-refractivity contribution < 1.29 is 47.8 Å². The number of ether oxygens (including phenoxy) is 4. The summed E-state index contributed by atoms with van der Waals surface area (Å²) in [5.41, 5.74) is -0.511. The Hall–Kier alpha value is -6.32. The third kappa shape index (κ3) is 5.97. The molecule has 16 nitrogen and oxygen atoms in total. The van der Waals surface area contributed by atoms with E-state index in [1.54, 1.807) is 0 Å². The lowest BCUT2D eigenvalue weighted by atomic mass is 9.92. The molecule has 0 aliphatic carbocycles. The molecule has 0 spiro atoms. The zero-order chi connectivity index (χ0) is 35.4. The summed E-state index contributed by atoms with van der Waals surface area (Å²) in [6.07, 6.45) is 2.43. The molecule has 0 N–H and O–H groups in total. The average Bonchev–Trinajstić information content (AvgIpc) is 3.09. The summed E-state index contributed by atoms with van der Waals surface area (Å²) in [6, 6.07) is 5.59. The fraction of sp³-hybridized carbons (Fsp3) is 0.250. The highest BCUT2D eigenvalue weighted by Crippen LogP contribution is 2.39. The maximum Gasteiger partial charge on any atom is 0.371 e. The molecule has 0 amide bonds. The van der Waals surface area contributed by atoms with Crippen LogP contribution in [0.15, 0.2) is 36.7 Å². The summed E-state index contributed by atoms with van der Waals surface area (Å²) in [4.78, 5) is 68.6. The second-order valence-electron chi connectivity index (χ2n) is 10.1. The van der Waals surface area contributed by atoms with Crippen LogP contribution < -0.4 is 0 Å². The number of pyridine rings is 4. The molecule has 0 bridgehead atoms. The van der Waals surface area contributed by atoms with Crippen LogP contribution in [0.1, 0.15) is 64.2 Å². The highest BCUT2D eigenvalue weighted by atomic mass is 16.6. The summed E-state index contributed by atoms with van der Waals surface area (Å²) in [7, 11) is 4.51. The molecule has 0 unspecified atom stereocenters. The number of methoxy groups -OCH3 is 4. The van der Waals surface area contributed by atoms with Crippen LogP contribution in [-0.2, 0) is 18.9 Å². The number of azo groups is 1. The van der Waals surface area contributed by atoms with Crippen molar-refractivity contribution in [3.05, 3.63) is 92.1 Å². The predicted octanol–water partition coefficient (Wildman–Crippen LogP) is 4.42. The van der Waals surface area contributed by atoms with E-state index in [9.17, 15) is 29.6 Å². The number of hydrogen-bond donors (Lipinski definition) is 0. The molecule has 0 atom stereocenters. The highest BCUT2D eigenvalue weighted by Gasteiger charge is 2.34. The number of rotatable bonds is 8. The zero-order valence-electron chi connectivity index (χ0n) is 27.2. The molecular formula is C32H30N6O10. The van der Waals surface area contributed by atoms with E-state index in [1.807, 2.05) is 0 Å². The van der Waals surface area contributed by atoms with Crippen LogP contribution in [0.5, 0.6) is 0 Å². The minimum atomic E-state index is -0.882. The number of carbonyl (C=O) groups excluding carboxylic acids is 4. The molecule has 0 fully saturated rings. The van der Waals surface area contributed by atoms with E-state index in [0.29, 0.717) is 0 Å². The van der Waals surface area contributed by atoms with Gasteiger partial charge in [-0.1, -0.05) is 9.72 Å². The summed E-state index contributed by atoms with van der Waals surface area (Å²) in [5.74, 6) is -4.65. The lowest BCUT2D eigenvalue weighted by Crippen LogP contribution is -2.19. The molecule has 16 heteroatoms. The number of carbonyl (C=O) groups is 4. The minimum absolute atomic E-state index is 0.112. The Kier molecular flexibility index (Phi) is 10.1. The van der Waals surface area contributed by atoms with Gasteiger partial charge in [0.2, 0.25) is 0 Å². The molecule has 248 valence electrons. The SMILES string of the molecule is COC(=O)c1c(C)nc(C)c(C(=O)OC)c1-c1cccnc1/[N+]([O-])=[N+](\[O-])c1ncccc1-c1c(C(=O)OC)c(C)nc(C)c1C(=O)OC. The fourth-order valence-corrected chi connectivity index (χ4v) is 5.31. The first-order valence-corrected chi connectivity index (χ1v) is 14.0. The lowest BCUT2D eigenvalue weighted by Gasteiger charge is -2.19. The first kappa shape index (κ1) is 34.6. The van der Waals surface area contributed by atoms with Crippen molar-refractivity contribution in [1.82, 2.24) is 19.9 Å². The number of hydrogen-bond acceptors (Lipinski definition) is 14. The molecule has 0 radical (unpaired) electrons. The van der Waals surface area contributed by atoms with Gasteiger partial charge in [-0.25, -0.2) is 19.2 Å². The van der Waals surface area contributed by atoms with Gasteiger partial charge >= 0.3 is 35.5 Å². The van der Waals surface area contributed by atoms with Gasteiger partial charge in [0, 0.05) is 11.1 Å². The maximum atomic E-state index is 14.1. The third-order valence-electron chi connectivity index (χ3n) is 7.32. The normalized spacial score (nSPS) is 11.3. The van der Waals surface area contributed by atoms with Gasteiger partial charge in [0.1, 0.15) is 12.4 Å². The smallest absolute Gasteiger partial charge is 0.371 e. The van der Waals surface area contributed by atoms with Crippen molar-refractivity contribution in [3.63, 3.8) is 0 Å². The van der Waals surface area contributed by atoms with E-state index in [4.69, 9.17) is 18.9 Å². The van der Waals surface area contributed by atoms with Crippen molar-refractivity contribution in [3.8, 4) is 22.3 Å². The second-order valence-corrected chi connectivity index (χ2v) is 10.1. The summed E-state index contributed by atoms with van der Waals surface area (Å²) >= 11 is 0. The van der Waals surface area contributed by atoms with Gasteiger partial charge < -0.3 is 29.4 Å².